The molecular weight excluding hydrogens is 778 g/mol. The van der Waals surface area contributed by atoms with Crippen molar-refractivity contribution in [3.8, 4) is 0 Å². The molecule has 326 valence electrons. The van der Waals surface area contributed by atoms with E-state index in [2.05, 4.69) is 31.9 Å². The Labute approximate surface area is 331 Å². The van der Waals surface area contributed by atoms with E-state index in [4.69, 9.17) is 5.73 Å². The number of nitrogens with two attached hydrogens (primary N) is 1. The lowest BCUT2D eigenvalue weighted by atomic mass is 9.99. The molecule has 1 fully saturated rings. The quantitative estimate of drug-likeness (QED) is 0.0812. The lowest BCUT2D eigenvalue weighted by Crippen LogP contribution is -2.65. The highest BCUT2D eigenvalue weighted by molar-refractivity contribution is 5.99. The molecule has 25 nitrogen and oxygen atoms in total. The second-order valence-electron chi connectivity index (χ2n) is 13.5. The molecule has 16 N–H and O–H groups in total. The molecule has 1 rings (SSSR count). The van der Waals surface area contributed by atoms with Crippen molar-refractivity contribution in [1.82, 2.24) is 42.5 Å². The molecule has 1 aliphatic rings. The fourth-order valence-electron chi connectivity index (χ4n) is 4.95. The van der Waals surface area contributed by atoms with E-state index in [0.29, 0.717) is 0 Å². The lowest BCUT2D eigenvalue weighted by molar-refractivity contribution is -0.144. The number of nitrogens with one attached hydrogen (secondary N) is 8. The van der Waals surface area contributed by atoms with E-state index in [1.807, 2.05) is 10.6 Å². The van der Waals surface area contributed by atoms with Crippen molar-refractivity contribution in [1.29, 1.82) is 0 Å². The summed E-state index contributed by atoms with van der Waals surface area (Å²) < 4.78 is 0. The fraction of sp³-hybridized carbons (Fsp3) is 0.636. The Morgan fingerprint density at radius 2 is 1.26 bits per heavy atom. The zero-order valence-corrected chi connectivity index (χ0v) is 32.3. The van der Waals surface area contributed by atoms with Gasteiger partial charge in [0.2, 0.25) is 47.3 Å². The number of carbonyl (C=O) groups excluding carboxylic acids is 9. The van der Waals surface area contributed by atoms with Crippen LogP contribution in [0.2, 0.25) is 0 Å². The Hall–Kier alpha value is -5.76. The lowest BCUT2D eigenvalue weighted by Gasteiger charge is -2.31. The number of aliphatic carboxylic acids is 1. The monoisotopic (exact) mass is 831 g/mol. The van der Waals surface area contributed by atoms with E-state index >= 15 is 0 Å². The van der Waals surface area contributed by atoms with E-state index in [0.717, 1.165) is 6.92 Å². The smallest absolute Gasteiger partial charge is 0.303 e. The Balaban J connectivity index is 3.84. The van der Waals surface area contributed by atoms with E-state index in [9.17, 15) is 78.6 Å². The van der Waals surface area contributed by atoms with Crippen molar-refractivity contribution in [2.45, 2.75) is 108 Å². The van der Waals surface area contributed by atoms with E-state index < -0.39 is 158 Å². The summed E-state index contributed by atoms with van der Waals surface area (Å²) in [5, 5.41) is 78.2. The van der Waals surface area contributed by atoms with Gasteiger partial charge in [0, 0.05) is 18.5 Å². The molecule has 0 bridgehead atoms. The van der Waals surface area contributed by atoms with Crippen LogP contribution in [0.3, 0.4) is 0 Å². The molecule has 9 amide bonds. The molecule has 1 heterocycles. The molecular formula is C33H53N9O16. The summed E-state index contributed by atoms with van der Waals surface area (Å²) in [5.41, 5.74) is 5.24. The Kier molecular flexibility index (Phi) is 20.3. The van der Waals surface area contributed by atoms with Crippen molar-refractivity contribution in [3.05, 3.63) is 11.6 Å². The van der Waals surface area contributed by atoms with Crippen LogP contribution in [0.1, 0.15) is 47.5 Å². The number of carboxylic acid groups (broad SMARTS) is 1. The SMILES string of the molecule is C/C=C(/C)C(=O)NCC1NC(=O)C(CCC(=O)O)NC(=O)C(O)CNC(=O)C(C(C)O)NC(=O)C(C(O)C(O)C(N)=O)NC(=O)C(C(C)C)NC(=O)C(CO)NC1=O. The Morgan fingerprint density at radius 1 is 0.759 bits per heavy atom. The van der Waals surface area contributed by atoms with Gasteiger partial charge in [-0.2, -0.15) is 0 Å². The van der Waals surface area contributed by atoms with Gasteiger partial charge in [-0.05, 0) is 33.1 Å². The van der Waals surface area contributed by atoms with Gasteiger partial charge in [0.25, 0.3) is 5.91 Å². The summed E-state index contributed by atoms with van der Waals surface area (Å²) in [6, 6.07) is -11.5. The van der Waals surface area contributed by atoms with Crippen LogP contribution in [0.15, 0.2) is 11.6 Å². The molecule has 0 spiro atoms. The minimum Gasteiger partial charge on any atom is -0.481 e. The van der Waals surface area contributed by atoms with Crippen LogP contribution in [0.5, 0.6) is 0 Å². The highest BCUT2D eigenvalue weighted by Gasteiger charge is 2.41. The molecule has 0 aliphatic carbocycles. The molecule has 58 heavy (non-hydrogen) atoms. The predicted molar refractivity (Wildman–Crippen MR) is 195 cm³/mol. The summed E-state index contributed by atoms with van der Waals surface area (Å²) in [7, 11) is 0. The van der Waals surface area contributed by atoms with Crippen molar-refractivity contribution < 1.29 is 78.6 Å². The highest BCUT2D eigenvalue weighted by Crippen LogP contribution is 2.09. The summed E-state index contributed by atoms with van der Waals surface area (Å²) in [4.78, 5) is 129. The number of aliphatic hydroxyl groups is 5. The van der Waals surface area contributed by atoms with Crippen LogP contribution in [0.4, 0.5) is 0 Å². The van der Waals surface area contributed by atoms with Crippen LogP contribution in [-0.2, 0) is 47.9 Å². The third-order valence-electron chi connectivity index (χ3n) is 8.60. The summed E-state index contributed by atoms with van der Waals surface area (Å²) in [5.74, 6) is -13.7. The second-order valence-corrected chi connectivity index (χ2v) is 13.5. The number of hydrogen-bond donors (Lipinski definition) is 15. The number of aliphatic hydroxyl groups excluding tert-OH is 5. The average Bonchev–Trinajstić information content (AvgIpc) is 3.16. The van der Waals surface area contributed by atoms with Gasteiger partial charge >= 0.3 is 5.97 Å². The molecule has 1 aliphatic heterocycles. The van der Waals surface area contributed by atoms with Crippen LogP contribution >= 0.6 is 0 Å². The third kappa shape index (κ3) is 15.3. The molecule has 0 saturated carbocycles. The van der Waals surface area contributed by atoms with E-state index in [-0.39, 0.29) is 5.57 Å². The molecule has 10 unspecified atom stereocenters. The first-order valence-electron chi connectivity index (χ1n) is 17.8. The number of allylic oxidation sites excluding steroid dienone is 1. The van der Waals surface area contributed by atoms with Crippen molar-refractivity contribution in [2.24, 2.45) is 11.7 Å². The standard InChI is InChI=1S/C33H53N9O16/c1-6-13(4)26(51)35-9-16-28(53)39-17(11-43)29(54)40-20(12(2)3)32(57)42-22(23(48)24(49)25(34)50)33(58)41-21(14(5)44)31(56)36-10-18(45)30(55)37-15(27(52)38-16)7-8-19(46)47/h6,12,14-18,20-24,43-45,48-49H,7-11H2,1-5H3,(H2,34,50)(H,35,51)(H,36,56)(H,37,55)(H,38,52)(H,39,53)(H,40,54)(H,41,58)(H,42,57)(H,46,47)/b13-6-. The van der Waals surface area contributed by atoms with Gasteiger partial charge in [0.1, 0.15) is 48.5 Å². The maximum Gasteiger partial charge on any atom is 0.303 e. The number of β-amino-alcohol motifs (C(OH)–C–C–N with tert-alkyl or cyclic N) is 1. The topological polar surface area (TPSA) is 414 Å². The third-order valence-corrected chi connectivity index (χ3v) is 8.60. The maximum atomic E-state index is 13.6. The molecule has 0 aromatic carbocycles. The van der Waals surface area contributed by atoms with Gasteiger partial charge in [-0.3, -0.25) is 47.9 Å². The number of amides is 9. The van der Waals surface area contributed by atoms with Gasteiger partial charge in [-0.25, -0.2) is 0 Å². The zero-order chi connectivity index (χ0) is 44.6. The van der Waals surface area contributed by atoms with Gasteiger partial charge in [-0.15, -0.1) is 0 Å². The van der Waals surface area contributed by atoms with Crippen LogP contribution in [0.25, 0.3) is 0 Å². The first-order chi connectivity index (χ1) is 27.0. The first-order valence-corrected chi connectivity index (χ1v) is 17.8. The summed E-state index contributed by atoms with van der Waals surface area (Å²) in [6.45, 7) is 3.98. The number of hydrogen-bond acceptors (Lipinski definition) is 15. The van der Waals surface area contributed by atoms with Gasteiger partial charge in [0.15, 0.2) is 6.10 Å². The average molecular weight is 832 g/mol. The van der Waals surface area contributed by atoms with Crippen molar-refractivity contribution in [3.63, 3.8) is 0 Å². The highest BCUT2D eigenvalue weighted by atomic mass is 16.4. The number of rotatable bonds is 12. The normalized spacial score (nSPS) is 26.7. The summed E-state index contributed by atoms with van der Waals surface area (Å²) >= 11 is 0. The molecule has 0 aromatic rings. The minimum absolute atomic E-state index is 0.180. The predicted octanol–water partition coefficient (Wildman–Crippen LogP) is -8.43. The molecule has 25 heteroatoms. The number of primary amides is 1. The molecule has 0 radical (unpaired) electrons. The van der Waals surface area contributed by atoms with E-state index in [1.165, 1.54) is 33.8 Å². The Bertz CT molecular complexity index is 1590. The first kappa shape index (κ1) is 50.3. The van der Waals surface area contributed by atoms with Gasteiger partial charge in [-0.1, -0.05) is 19.9 Å². The Morgan fingerprint density at radius 3 is 1.78 bits per heavy atom. The van der Waals surface area contributed by atoms with Crippen LogP contribution in [-0.4, -0.2) is 170 Å². The fourth-order valence-corrected chi connectivity index (χ4v) is 4.95. The largest absolute Gasteiger partial charge is 0.481 e. The van der Waals surface area contributed by atoms with Crippen molar-refractivity contribution in [2.75, 3.05) is 19.7 Å². The van der Waals surface area contributed by atoms with Crippen LogP contribution < -0.4 is 48.3 Å². The number of carboxylic acids is 1. The van der Waals surface area contributed by atoms with Crippen molar-refractivity contribution >= 4 is 59.1 Å². The summed E-state index contributed by atoms with van der Waals surface area (Å²) in [6.07, 6.45) is -8.93. The van der Waals surface area contributed by atoms with Gasteiger partial charge < -0.3 is 78.9 Å². The molecule has 10 atom stereocenters. The van der Waals surface area contributed by atoms with E-state index in [1.54, 1.807) is 0 Å². The minimum atomic E-state index is -2.51. The number of carbonyl (C=O) groups is 10. The van der Waals surface area contributed by atoms with Gasteiger partial charge in [0.05, 0.1) is 19.3 Å². The maximum absolute atomic E-state index is 13.6. The zero-order valence-electron chi connectivity index (χ0n) is 32.3. The van der Waals surface area contributed by atoms with Crippen LogP contribution in [0, 0.1) is 5.92 Å². The molecule has 1 saturated heterocycles. The second kappa shape index (κ2) is 23.5. The molecule has 0 aromatic heterocycles.